The quantitative estimate of drug-likeness (QED) is 0.847. The standard InChI is InChI=1S/C15H14F2O3S2/c1-22(19,20)11-7-5-10(6-8-11)21-9-14(18)15-12(16)3-2-4-13(15)17/h2-8,14,18H,9H2,1H3. The lowest BCUT2D eigenvalue weighted by molar-refractivity contribution is 0.193. The topological polar surface area (TPSA) is 54.4 Å². The fourth-order valence-corrected chi connectivity index (χ4v) is 3.35. The number of aliphatic hydroxyl groups is 1. The predicted octanol–water partition coefficient (Wildman–Crippen LogP) is 3.19. The number of aliphatic hydroxyl groups excluding tert-OH is 1. The summed E-state index contributed by atoms with van der Waals surface area (Å²) in [4.78, 5) is 0.890. The first-order valence-corrected chi connectivity index (χ1v) is 9.21. The minimum absolute atomic E-state index is 0.0517. The van der Waals surface area contributed by atoms with Crippen LogP contribution >= 0.6 is 11.8 Å². The zero-order valence-electron chi connectivity index (χ0n) is 11.7. The van der Waals surface area contributed by atoms with E-state index >= 15 is 0 Å². The van der Waals surface area contributed by atoms with E-state index in [2.05, 4.69) is 0 Å². The van der Waals surface area contributed by atoms with Crippen molar-refractivity contribution in [3.05, 3.63) is 59.7 Å². The SMILES string of the molecule is CS(=O)(=O)c1ccc(SCC(O)c2c(F)cccc2F)cc1. The Morgan fingerprint density at radius 2 is 1.64 bits per heavy atom. The Morgan fingerprint density at radius 1 is 1.09 bits per heavy atom. The molecule has 2 rings (SSSR count). The van der Waals surface area contributed by atoms with Crippen molar-refractivity contribution in [3.63, 3.8) is 0 Å². The largest absolute Gasteiger partial charge is 0.387 e. The molecular formula is C15H14F2O3S2. The van der Waals surface area contributed by atoms with Crippen molar-refractivity contribution in [2.45, 2.75) is 15.9 Å². The van der Waals surface area contributed by atoms with Crippen molar-refractivity contribution < 1.29 is 22.3 Å². The van der Waals surface area contributed by atoms with Crippen molar-refractivity contribution in [1.82, 2.24) is 0 Å². The van der Waals surface area contributed by atoms with Gasteiger partial charge < -0.3 is 5.11 Å². The van der Waals surface area contributed by atoms with E-state index in [-0.39, 0.29) is 16.2 Å². The van der Waals surface area contributed by atoms with Gasteiger partial charge in [0.15, 0.2) is 9.84 Å². The third-order valence-electron chi connectivity index (χ3n) is 2.99. The first kappa shape index (κ1) is 16.9. The fourth-order valence-electron chi connectivity index (χ4n) is 1.87. The van der Waals surface area contributed by atoms with Gasteiger partial charge in [-0.15, -0.1) is 11.8 Å². The van der Waals surface area contributed by atoms with Crippen molar-refractivity contribution in [1.29, 1.82) is 0 Å². The summed E-state index contributed by atoms with van der Waals surface area (Å²) in [6.45, 7) is 0. The summed E-state index contributed by atoms with van der Waals surface area (Å²) < 4.78 is 49.7. The average molecular weight is 344 g/mol. The Labute approximate surface area is 131 Å². The Bertz CT molecular complexity index is 739. The number of halogens is 2. The lowest BCUT2D eigenvalue weighted by Crippen LogP contribution is -2.06. The van der Waals surface area contributed by atoms with Gasteiger partial charge in [0, 0.05) is 16.9 Å². The lowest BCUT2D eigenvalue weighted by atomic mass is 10.1. The van der Waals surface area contributed by atoms with Crippen LogP contribution in [0.5, 0.6) is 0 Å². The molecule has 0 amide bonds. The van der Waals surface area contributed by atoms with Gasteiger partial charge in [-0.05, 0) is 36.4 Å². The smallest absolute Gasteiger partial charge is 0.175 e. The molecule has 2 aromatic carbocycles. The summed E-state index contributed by atoms with van der Waals surface area (Å²) in [5, 5.41) is 9.93. The maximum Gasteiger partial charge on any atom is 0.175 e. The maximum absolute atomic E-state index is 13.5. The van der Waals surface area contributed by atoms with Crippen molar-refractivity contribution in [2.75, 3.05) is 12.0 Å². The Morgan fingerprint density at radius 3 is 2.14 bits per heavy atom. The lowest BCUT2D eigenvalue weighted by Gasteiger charge is -2.12. The van der Waals surface area contributed by atoms with E-state index < -0.39 is 27.6 Å². The molecule has 0 radical (unpaired) electrons. The van der Waals surface area contributed by atoms with E-state index in [4.69, 9.17) is 0 Å². The number of thioether (sulfide) groups is 1. The molecule has 0 bridgehead atoms. The van der Waals surface area contributed by atoms with Crippen molar-refractivity contribution >= 4 is 21.6 Å². The minimum Gasteiger partial charge on any atom is -0.387 e. The van der Waals surface area contributed by atoms with Crippen LogP contribution in [0.3, 0.4) is 0 Å². The Balaban J connectivity index is 2.07. The summed E-state index contributed by atoms with van der Waals surface area (Å²) in [5.74, 6) is -1.53. The summed E-state index contributed by atoms with van der Waals surface area (Å²) >= 11 is 1.18. The van der Waals surface area contributed by atoms with E-state index in [9.17, 15) is 22.3 Å². The van der Waals surface area contributed by atoms with E-state index in [1.807, 2.05) is 0 Å². The average Bonchev–Trinajstić information content (AvgIpc) is 2.44. The Hall–Kier alpha value is -1.44. The molecule has 1 atom stereocenters. The second kappa shape index (κ2) is 6.76. The Kier molecular flexibility index (Phi) is 5.20. The predicted molar refractivity (Wildman–Crippen MR) is 81.6 cm³/mol. The van der Waals surface area contributed by atoms with Gasteiger partial charge in [-0.1, -0.05) is 6.07 Å². The van der Waals surface area contributed by atoms with Crippen LogP contribution in [-0.4, -0.2) is 25.5 Å². The molecular weight excluding hydrogens is 330 g/mol. The molecule has 1 unspecified atom stereocenters. The van der Waals surface area contributed by atoms with E-state index in [1.54, 1.807) is 12.1 Å². The van der Waals surface area contributed by atoms with Crippen LogP contribution in [0.4, 0.5) is 8.78 Å². The van der Waals surface area contributed by atoms with Crippen LogP contribution in [0.25, 0.3) is 0 Å². The number of benzene rings is 2. The van der Waals surface area contributed by atoms with Gasteiger partial charge in [0.2, 0.25) is 0 Å². The van der Waals surface area contributed by atoms with Gasteiger partial charge >= 0.3 is 0 Å². The van der Waals surface area contributed by atoms with E-state index in [1.165, 1.54) is 30.0 Å². The van der Waals surface area contributed by atoms with Crippen LogP contribution in [0.2, 0.25) is 0 Å². The second-order valence-corrected chi connectivity index (χ2v) is 7.81. The second-order valence-electron chi connectivity index (χ2n) is 4.71. The maximum atomic E-state index is 13.5. The van der Waals surface area contributed by atoms with Crippen LogP contribution in [-0.2, 0) is 9.84 Å². The van der Waals surface area contributed by atoms with Gasteiger partial charge in [-0.25, -0.2) is 17.2 Å². The van der Waals surface area contributed by atoms with Gasteiger partial charge in [0.1, 0.15) is 11.6 Å². The molecule has 0 fully saturated rings. The molecule has 0 aliphatic heterocycles. The molecule has 0 saturated heterocycles. The molecule has 1 N–H and O–H groups in total. The third-order valence-corrected chi connectivity index (χ3v) is 5.21. The minimum atomic E-state index is -3.26. The van der Waals surface area contributed by atoms with Gasteiger partial charge in [0.25, 0.3) is 0 Å². The van der Waals surface area contributed by atoms with Gasteiger partial charge in [0.05, 0.1) is 16.6 Å². The van der Waals surface area contributed by atoms with Crippen LogP contribution in [0.15, 0.2) is 52.3 Å². The third kappa shape index (κ3) is 4.06. The number of hydrogen-bond donors (Lipinski definition) is 1. The van der Waals surface area contributed by atoms with Crippen LogP contribution in [0.1, 0.15) is 11.7 Å². The monoisotopic (exact) mass is 344 g/mol. The summed E-state index contributed by atoms with van der Waals surface area (Å²) in [6, 6.07) is 9.50. The summed E-state index contributed by atoms with van der Waals surface area (Å²) in [5.41, 5.74) is -0.359. The molecule has 0 aliphatic rings. The summed E-state index contributed by atoms with van der Waals surface area (Å²) in [6.07, 6.45) is -0.180. The zero-order chi connectivity index (χ0) is 16.3. The highest BCUT2D eigenvalue weighted by molar-refractivity contribution is 7.99. The molecule has 0 spiro atoms. The highest BCUT2D eigenvalue weighted by atomic mass is 32.2. The fraction of sp³-hybridized carbons (Fsp3) is 0.200. The number of sulfone groups is 1. The van der Waals surface area contributed by atoms with Crippen LogP contribution < -0.4 is 0 Å². The molecule has 0 heterocycles. The van der Waals surface area contributed by atoms with E-state index in [0.29, 0.717) is 4.90 Å². The summed E-state index contributed by atoms with van der Waals surface area (Å²) in [7, 11) is -3.26. The first-order chi connectivity index (χ1) is 10.3. The molecule has 3 nitrogen and oxygen atoms in total. The molecule has 118 valence electrons. The number of rotatable bonds is 5. The van der Waals surface area contributed by atoms with E-state index in [0.717, 1.165) is 18.4 Å². The van der Waals surface area contributed by atoms with Gasteiger partial charge in [-0.3, -0.25) is 0 Å². The highest BCUT2D eigenvalue weighted by Crippen LogP contribution is 2.28. The molecule has 0 aliphatic carbocycles. The van der Waals surface area contributed by atoms with Gasteiger partial charge in [-0.2, -0.15) is 0 Å². The van der Waals surface area contributed by atoms with Crippen molar-refractivity contribution in [3.8, 4) is 0 Å². The highest BCUT2D eigenvalue weighted by Gasteiger charge is 2.18. The van der Waals surface area contributed by atoms with Crippen molar-refractivity contribution in [2.24, 2.45) is 0 Å². The molecule has 2 aromatic rings. The van der Waals surface area contributed by atoms with Crippen LogP contribution in [0, 0.1) is 11.6 Å². The first-order valence-electron chi connectivity index (χ1n) is 6.34. The molecule has 0 aromatic heterocycles. The number of hydrogen-bond acceptors (Lipinski definition) is 4. The normalized spacial score (nSPS) is 13.1. The zero-order valence-corrected chi connectivity index (χ0v) is 13.3. The molecule has 0 saturated carbocycles. The molecule has 22 heavy (non-hydrogen) atoms. The molecule has 7 heteroatoms.